The van der Waals surface area contributed by atoms with Crippen LogP contribution >= 0.6 is 12.2 Å². The van der Waals surface area contributed by atoms with E-state index in [9.17, 15) is 10.1 Å². The monoisotopic (exact) mass is 433 g/mol. The second-order valence-electron chi connectivity index (χ2n) is 5.60. The zero-order chi connectivity index (χ0) is 18.9. The van der Waals surface area contributed by atoms with E-state index in [2.05, 4.69) is 15.8 Å². The number of nitrogens with zero attached hydrogens (tertiary/aromatic N) is 4. The van der Waals surface area contributed by atoms with Gasteiger partial charge in [-0.3, -0.25) is 10.1 Å². The quantitative estimate of drug-likeness (QED) is 0.203. The molecule has 0 saturated carbocycles. The van der Waals surface area contributed by atoms with Crippen molar-refractivity contribution in [1.29, 1.82) is 0 Å². The van der Waals surface area contributed by atoms with Crippen LogP contribution in [0.2, 0.25) is 0 Å². The standard InChI is InChI=1S/C18H19N4O3S.Cu/c1-13(2)25-17-9-5-14(6-10-17)11-19-18(26)21-20-12-15-3-7-16(8-4-15)22(23)24;/h3-10,12-13H,11H2,1-2H3,(H-,19,21,26);/q-1;+2/p-1/b20-12+;. The van der Waals surface area contributed by atoms with E-state index in [0.29, 0.717) is 12.1 Å². The van der Waals surface area contributed by atoms with Crippen molar-refractivity contribution in [1.82, 2.24) is 0 Å². The molecule has 0 aliphatic heterocycles. The minimum Gasteiger partial charge on any atom is -0.690 e. The van der Waals surface area contributed by atoms with Crippen molar-refractivity contribution in [3.8, 4) is 5.75 Å². The van der Waals surface area contributed by atoms with E-state index in [-0.39, 0.29) is 34.0 Å². The molecule has 0 N–H and O–H groups in total. The third-order valence-electron chi connectivity index (χ3n) is 3.15. The van der Waals surface area contributed by atoms with E-state index in [1.807, 2.05) is 38.1 Å². The second-order valence-corrected chi connectivity index (χ2v) is 5.97. The summed E-state index contributed by atoms with van der Waals surface area (Å²) in [5.74, 6) is 0.809. The summed E-state index contributed by atoms with van der Waals surface area (Å²) in [6.07, 6.45) is 1.59. The average Bonchev–Trinajstić information content (AvgIpc) is 2.61. The molecule has 7 nitrogen and oxygen atoms in total. The number of non-ortho nitro benzene ring substituents is 1. The van der Waals surface area contributed by atoms with Gasteiger partial charge in [0.25, 0.3) is 5.69 Å². The molecule has 0 fully saturated rings. The third-order valence-corrected chi connectivity index (χ3v) is 3.36. The van der Waals surface area contributed by atoms with Crippen LogP contribution in [0.15, 0.2) is 53.6 Å². The Balaban J connectivity index is 0.00000364. The number of rotatable bonds is 7. The molecular formula is C18H18CuN4O3S. The van der Waals surface area contributed by atoms with E-state index < -0.39 is 4.92 Å². The van der Waals surface area contributed by atoms with Crippen LogP contribution < -0.4 is 4.74 Å². The van der Waals surface area contributed by atoms with Gasteiger partial charge >= 0.3 is 17.1 Å². The van der Waals surface area contributed by atoms with Gasteiger partial charge < -0.3 is 20.6 Å². The molecule has 0 aliphatic rings. The largest absolute Gasteiger partial charge is 2.00 e. The first-order chi connectivity index (χ1) is 12.4. The summed E-state index contributed by atoms with van der Waals surface area (Å²) >= 11 is 5.05. The Hall–Kier alpha value is -2.48. The van der Waals surface area contributed by atoms with Gasteiger partial charge in [-0.05, 0) is 43.7 Å². The van der Waals surface area contributed by atoms with Crippen molar-refractivity contribution in [3.05, 3.63) is 80.5 Å². The van der Waals surface area contributed by atoms with Crippen LogP contribution in [0.1, 0.15) is 25.0 Å². The number of nitro benzene ring substituents is 1. The maximum atomic E-state index is 10.6. The van der Waals surface area contributed by atoms with Gasteiger partial charge in [-0.15, -0.1) is 18.8 Å². The van der Waals surface area contributed by atoms with Crippen LogP contribution in [-0.4, -0.2) is 22.4 Å². The van der Waals surface area contributed by atoms with Crippen LogP contribution in [-0.2, 0) is 23.6 Å². The summed E-state index contributed by atoms with van der Waals surface area (Å²) in [6.45, 7) is 4.35. The fourth-order valence-electron chi connectivity index (χ4n) is 1.96. The van der Waals surface area contributed by atoms with Crippen molar-refractivity contribution in [3.63, 3.8) is 0 Å². The van der Waals surface area contributed by atoms with Crippen LogP contribution in [0.4, 0.5) is 5.69 Å². The topological polar surface area (TPSA) is 92.9 Å². The van der Waals surface area contributed by atoms with Gasteiger partial charge in [-0.2, -0.15) is 5.11 Å². The zero-order valence-electron chi connectivity index (χ0n) is 14.7. The second kappa shape index (κ2) is 11.3. The van der Waals surface area contributed by atoms with E-state index >= 15 is 0 Å². The first kappa shape index (κ1) is 22.6. The van der Waals surface area contributed by atoms with Crippen LogP contribution in [0.25, 0.3) is 10.7 Å². The summed E-state index contributed by atoms with van der Waals surface area (Å²) in [7, 11) is 0. The van der Waals surface area contributed by atoms with Gasteiger partial charge in [0.15, 0.2) is 0 Å². The Kier molecular flexibility index (Phi) is 9.42. The fourth-order valence-corrected chi connectivity index (χ4v) is 2.07. The average molecular weight is 434 g/mol. The summed E-state index contributed by atoms with van der Waals surface area (Å²) in [4.78, 5) is 10.1. The molecule has 9 heteroatoms. The SMILES string of the molecule is CC(C)Oc1ccc(C[N-]C(=S)[N-]/N=C/c2ccc([N+](=O)[O-])cc2)cc1.[Cu+2]. The van der Waals surface area contributed by atoms with Crippen molar-refractivity contribution in [2.45, 2.75) is 26.5 Å². The van der Waals surface area contributed by atoms with Crippen molar-refractivity contribution in [2.24, 2.45) is 5.10 Å². The minimum atomic E-state index is -0.458. The molecule has 0 unspecified atom stereocenters. The molecule has 1 radical (unpaired) electrons. The molecule has 0 bridgehead atoms. The number of thiocarbonyl (C=S) groups is 1. The summed E-state index contributed by atoms with van der Waals surface area (Å²) in [5, 5.41) is 18.7. The van der Waals surface area contributed by atoms with Crippen LogP contribution in [0.3, 0.4) is 0 Å². The Morgan fingerprint density at radius 2 is 1.85 bits per heavy atom. The number of hydrogen-bond donors (Lipinski definition) is 0. The van der Waals surface area contributed by atoms with Crippen molar-refractivity contribution in [2.75, 3.05) is 0 Å². The van der Waals surface area contributed by atoms with E-state index in [4.69, 9.17) is 17.0 Å². The van der Waals surface area contributed by atoms with Crippen molar-refractivity contribution < 1.29 is 26.7 Å². The first-order valence-electron chi connectivity index (χ1n) is 7.89. The predicted molar refractivity (Wildman–Crippen MR) is 106 cm³/mol. The number of benzene rings is 2. The molecule has 0 atom stereocenters. The summed E-state index contributed by atoms with van der Waals surface area (Å²) in [5.41, 5.74) is 5.51. The maximum Gasteiger partial charge on any atom is 2.00 e. The van der Waals surface area contributed by atoms with E-state index in [1.165, 1.54) is 18.3 Å². The molecule has 0 aromatic heterocycles. The molecule has 0 amide bonds. The predicted octanol–water partition coefficient (Wildman–Crippen LogP) is 4.95. The van der Waals surface area contributed by atoms with Gasteiger partial charge in [-0.1, -0.05) is 17.7 Å². The summed E-state index contributed by atoms with van der Waals surface area (Å²) < 4.78 is 5.58. The minimum absolute atomic E-state index is 0. The Morgan fingerprint density at radius 1 is 1.22 bits per heavy atom. The summed E-state index contributed by atoms with van der Waals surface area (Å²) in [6, 6.07) is 13.6. The number of nitro groups is 1. The molecule has 2 aromatic carbocycles. The molecular weight excluding hydrogens is 416 g/mol. The number of ether oxygens (including phenoxy) is 1. The normalized spacial score (nSPS) is 10.3. The molecule has 145 valence electrons. The smallest absolute Gasteiger partial charge is 0.690 e. The van der Waals surface area contributed by atoms with Gasteiger partial charge in [-0.25, -0.2) is 0 Å². The molecule has 0 heterocycles. The van der Waals surface area contributed by atoms with E-state index in [1.54, 1.807) is 12.1 Å². The first-order valence-corrected chi connectivity index (χ1v) is 8.30. The fraction of sp³-hybridized carbons (Fsp3) is 0.222. The Labute approximate surface area is 173 Å². The van der Waals surface area contributed by atoms with Crippen molar-refractivity contribution >= 4 is 29.2 Å². The Morgan fingerprint density at radius 3 is 2.41 bits per heavy atom. The molecule has 2 rings (SSSR count). The van der Waals surface area contributed by atoms with Gasteiger partial charge in [0.1, 0.15) is 5.75 Å². The zero-order valence-corrected chi connectivity index (χ0v) is 16.5. The maximum absolute atomic E-state index is 10.6. The Bertz CT molecular complexity index is 780. The number of hydrogen-bond acceptors (Lipinski definition) is 5. The molecule has 0 aliphatic carbocycles. The van der Waals surface area contributed by atoms with E-state index in [0.717, 1.165) is 11.3 Å². The van der Waals surface area contributed by atoms with Gasteiger partial charge in [0, 0.05) is 18.3 Å². The van der Waals surface area contributed by atoms with Crippen LogP contribution in [0, 0.1) is 10.1 Å². The molecule has 0 saturated heterocycles. The molecule has 0 spiro atoms. The third kappa shape index (κ3) is 8.17. The van der Waals surface area contributed by atoms with Gasteiger partial charge in [0.05, 0.1) is 11.0 Å². The van der Waals surface area contributed by atoms with Crippen LogP contribution in [0.5, 0.6) is 5.75 Å². The molecule has 27 heavy (non-hydrogen) atoms. The van der Waals surface area contributed by atoms with Gasteiger partial charge in [0.2, 0.25) is 0 Å². The molecule has 2 aromatic rings.